The van der Waals surface area contributed by atoms with Crippen LogP contribution in [-0.2, 0) is 9.59 Å². The summed E-state index contributed by atoms with van der Waals surface area (Å²) in [5.41, 5.74) is 0.254. The van der Waals surface area contributed by atoms with Crippen LogP contribution in [0, 0.1) is 12.3 Å². The fourth-order valence-corrected chi connectivity index (χ4v) is 2.80. The number of hydrogen-bond donors (Lipinski definition) is 0. The average Bonchev–Trinajstić information content (AvgIpc) is 2.66. The largest absolute Gasteiger partial charge is 0.490 e. The second-order valence-corrected chi connectivity index (χ2v) is 7.99. The maximum Gasteiger partial charge on any atom is 0.316 e. The lowest BCUT2D eigenvalue weighted by molar-refractivity contribution is -0.143. The molecule has 0 heterocycles. The van der Waals surface area contributed by atoms with Gasteiger partial charge in [0, 0.05) is 17.2 Å². The van der Waals surface area contributed by atoms with Crippen LogP contribution in [0.3, 0.4) is 0 Å². The molecule has 2 rings (SSSR count). The molecule has 0 fully saturated rings. The molecule has 0 saturated carbocycles. The molecule has 0 aromatic heterocycles. The van der Waals surface area contributed by atoms with Gasteiger partial charge in [0.05, 0.1) is 19.6 Å². The van der Waals surface area contributed by atoms with Crippen molar-refractivity contribution in [3.63, 3.8) is 0 Å². The molecule has 2 aromatic carbocycles. The van der Waals surface area contributed by atoms with E-state index >= 15 is 0 Å². The maximum atomic E-state index is 12.6. The minimum Gasteiger partial charge on any atom is -0.490 e. The number of aryl methyl sites for hydroxylation is 1. The van der Waals surface area contributed by atoms with Crippen molar-refractivity contribution in [3.05, 3.63) is 23.8 Å². The molecule has 0 aliphatic carbocycles. The molecule has 6 heteroatoms. The summed E-state index contributed by atoms with van der Waals surface area (Å²) in [6.07, 6.45) is 1.92. The lowest BCUT2D eigenvalue weighted by Crippen LogP contribution is -2.26. The SMILES string of the molecule is CCCCC(=O)Oc1c(OC)c(OC)c(OC(=O)C(C)(C)C)c2ccc(C)cc12. The van der Waals surface area contributed by atoms with Crippen molar-refractivity contribution in [2.24, 2.45) is 5.41 Å². The van der Waals surface area contributed by atoms with E-state index in [0.717, 1.165) is 18.4 Å². The van der Waals surface area contributed by atoms with Gasteiger partial charge in [0.25, 0.3) is 0 Å². The smallest absolute Gasteiger partial charge is 0.316 e. The van der Waals surface area contributed by atoms with Gasteiger partial charge in [-0.3, -0.25) is 9.59 Å². The van der Waals surface area contributed by atoms with Crippen molar-refractivity contribution in [2.75, 3.05) is 14.2 Å². The van der Waals surface area contributed by atoms with E-state index in [4.69, 9.17) is 18.9 Å². The molecule has 2 aromatic rings. The predicted molar refractivity (Wildman–Crippen MR) is 112 cm³/mol. The molecule has 0 unspecified atom stereocenters. The normalized spacial score (nSPS) is 11.3. The Kier molecular flexibility index (Phi) is 7.11. The predicted octanol–water partition coefficient (Wildman–Crippen LogP) is 5.21. The van der Waals surface area contributed by atoms with Gasteiger partial charge in [-0.2, -0.15) is 0 Å². The van der Waals surface area contributed by atoms with Gasteiger partial charge in [-0.15, -0.1) is 0 Å². The number of esters is 2. The first-order valence-electron chi connectivity index (χ1n) is 9.75. The first kappa shape index (κ1) is 22.5. The van der Waals surface area contributed by atoms with Gasteiger partial charge in [0.15, 0.2) is 11.5 Å². The Labute approximate surface area is 172 Å². The molecule has 158 valence electrons. The molecule has 0 aliphatic rings. The number of hydrogen-bond acceptors (Lipinski definition) is 6. The molecule has 29 heavy (non-hydrogen) atoms. The van der Waals surface area contributed by atoms with E-state index in [-0.39, 0.29) is 29.0 Å². The minimum absolute atomic E-state index is 0.208. The molecule has 0 amide bonds. The van der Waals surface area contributed by atoms with Gasteiger partial charge in [0.1, 0.15) is 0 Å². The van der Waals surface area contributed by atoms with Crippen molar-refractivity contribution < 1.29 is 28.5 Å². The number of methoxy groups -OCH3 is 2. The Morgan fingerprint density at radius 1 is 0.897 bits per heavy atom. The van der Waals surface area contributed by atoms with Crippen molar-refractivity contribution in [1.82, 2.24) is 0 Å². The summed E-state index contributed by atoms with van der Waals surface area (Å²) in [4.78, 5) is 24.9. The van der Waals surface area contributed by atoms with Crippen LogP contribution in [-0.4, -0.2) is 26.2 Å². The summed E-state index contributed by atoms with van der Waals surface area (Å²) in [5.74, 6) is 0.168. The highest BCUT2D eigenvalue weighted by Gasteiger charge is 2.30. The second-order valence-electron chi connectivity index (χ2n) is 7.99. The van der Waals surface area contributed by atoms with E-state index in [1.807, 2.05) is 32.0 Å². The highest BCUT2D eigenvalue weighted by molar-refractivity contribution is 6.01. The zero-order chi connectivity index (χ0) is 21.8. The van der Waals surface area contributed by atoms with Crippen LogP contribution >= 0.6 is 0 Å². The van der Waals surface area contributed by atoms with E-state index in [1.54, 1.807) is 20.8 Å². The number of rotatable bonds is 7. The third kappa shape index (κ3) is 5.00. The number of benzene rings is 2. The summed E-state index contributed by atoms with van der Waals surface area (Å²) in [6, 6.07) is 5.58. The lowest BCUT2D eigenvalue weighted by atomic mass is 9.97. The first-order chi connectivity index (χ1) is 13.6. The van der Waals surface area contributed by atoms with Crippen molar-refractivity contribution in [3.8, 4) is 23.0 Å². The summed E-state index contributed by atoms with van der Waals surface area (Å²) < 4.78 is 22.5. The Hall–Kier alpha value is -2.76. The third-order valence-electron chi connectivity index (χ3n) is 4.45. The number of unbranched alkanes of at least 4 members (excludes halogenated alkanes) is 1. The molecular weight excluding hydrogens is 372 g/mol. The van der Waals surface area contributed by atoms with Gasteiger partial charge in [-0.05, 0) is 40.2 Å². The van der Waals surface area contributed by atoms with Gasteiger partial charge in [0.2, 0.25) is 11.5 Å². The number of fused-ring (bicyclic) bond motifs is 1. The topological polar surface area (TPSA) is 71.1 Å². The van der Waals surface area contributed by atoms with E-state index in [2.05, 4.69) is 0 Å². The Balaban J connectivity index is 2.74. The number of carbonyl (C=O) groups excluding carboxylic acids is 2. The van der Waals surface area contributed by atoms with Crippen molar-refractivity contribution in [1.29, 1.82) is 0 Å². The van der Waals surface area contributed by atoms with Crippen LogP contribution in [0.15, 0.2) is 18.2 Å². The Bertz CT molecular complexity index is 908. The van der Waals surface area contributed by atoms with E-state index in [9.17, 15) is 9.59 Å². The van der Waals surface area contributed by atoms with Gasteiger partial charge >= 0.3 is 11.9 Å². The molecule has 0 radical (unpaired) electrons. The number of carbonyl (C=O) groups is 2. The van der Waals surface area contributed by atoms with Crippen LogP contribution < -0.4 is 18.9 Å². The Morgan fingerprint density at radius 3 is 2.00 bits per heavy atom. The standard InChI is InChI=1S/C23H30O6/c1-8-9-10-17(24)28-19-16-13-14(2)11-12-15(16)18(20(26-6)21(19)27-7)29-22(25)23(3,4)5/h11-13H,8-10H2,1-7H3. The van der Waals surface area contributed by atoms with E-state index < -0.39 is 11.4 Å². The zero-order valence-corrected chi connectivity index (χ0v) is 18.3. The first-order valence-corrected chi connectivity index (χ1v) is 9.75. The average molecular weight is 402 g/mol. The van der Waals surface area contributed by atoms with Crippen LogP contribution in [0.25, 0.3) is 10.8 Å². The highest BCUT2D eigenvalue weighted by Crippen LogP contribution is 2.51. The van der Waals surface area contributed by atoms with Crippen LogP contribution in [0.5, 0.6) is 23.0 Å². The third-order valence-corrected chi connectivity index (χ3v) is 4.45. The molecular formula is C23H30O6. The second kappa shape index (κ2) is 9.16. The zero-order valence-electron chi connectivity index (χ0n) is 18.3. The fraction of sp³-hybridized carbons (Fsp3) is 0.478. The molecule has 0 atom stereocenters. The van der Waals surface area contributed by atoms with Crippen molar-refractivity contribution in [2.45, 2.75) is 53.9 Å². The minimum atomic E-state index is -0.708. The fourth-order valence-electron chi connectivity index (χ4n) is 2.80. The van der Waals surface area contributed by atoms with Gasteiger partial charge < -0.3 is 18.9 Å². The maximum absolute atomic E-state index is 12.6. The summed E-state index contributed by atoms with van der Waals surface area (Å²) in [7, 11) is 2.91. The summed E-state index contributed by atoms with van der Waals surface area (Å²) in [6.45, 7) is 9.26. The summed E-state index contributed by atoms with van der Waals surface area (Å²) in [5, 5.41) is 1.22. The molecule has 0 saturated heterocycles. The quantitative estimate of drug-likeness (QED) is 0.467. The molecule has 6 nitrogen and oxygen atoms in total. The monoisotopic (exact) mass is 402 g/mol. The van der Waals surface area contributed by atoms with E-state index in [1.165, 1.54) is 14.2 Å². The van der Waals surface area contributed by atoms with Crippen LogP contribution in [0.4, 0.5) is 0 Å². The lowest BCUT2D eigenvalue weighted by Gasteiger charge is -2.22. The molecule has 0 N–H and O–H groups in total. The van der Waals surface area contributed by atoms with Crippen LogP contribution in [0.2, 0.25) is 0 Å². The molecule has 0 bridgehead atoms. The Morgan fingerprint density at radius 2 is 1.48 bits per heavy atom. The van der Waals surface area contributed by atoms with Gasteiger partial charge in [-0.1, -0.05) is 31.0 Å². The molecule has 0 aliphatic heterocycles. The van der Waals surface area contributed by atoms with E-state index in [0.29, 0.717) is 17.2 Å². The number of ether oxygens (including phenoxy) is 4. The van der Waals surface area contributed by atoms with Crippen LogP contribution in [0.1, 0.15) is 52.5 Å². The highest BCUT2D eigenvalue weighted by atomic mass is 16.6. The summed E-state index contributed by atoms with van der Waals surface area (Å²) >= 11 is 0. The van der Waals surface area contributed by atoms with Gasteiger partial charge in [-0.25, -0.2) is 0 Å². The molecule has 0 spiro atoms. The van der Waals surface area contributed by atoms with Crippen molar-refractivity contribution >= 4 is 22.7 Å².